The molecule has 1 saturated heterocycles. The van der Waals surface area contributed by atoms with Crippen molar-refractivity contribution in [2.24, 2.45) is 0 Å². The van der Waals surface area contributed by atoms with E-state index in [1.54, 1.807) is 18.4 Å². The fourth-order valence-corrected chi connectivity index (χ4v) is 5.16. The van der Waals surface area contributed by atoms with E-state index in [0.717, 1.165) is 58.2 Å². The van der Waals surface area contributed by atoms with Crippen molar-refractivity contribution in [1.29, 1.82) is 0 Å². The molecule has 3 heterocycles. The van der Waals surface area contributed by atoms with Crippen LogP contribution in [0.5, 0.6) is 5.75 Å². The highest BCUT2D eigenvalue weighted by atomic mass is 32.1. The Labute approximate surface area is 203 Å². The van der Waals surface area contributed by atoms with Gasteiger partial charge in [0.1, 0.15) is 10.8 Å². The van der Waals surface area contributed by atoms with Crippen molar-refractivity contribution in [3.05, 3.63) is 76.4 Å². The summed E-state index contributed by atoms with van der Waals surface area (Å²) in [5.41, 5.74) is 5.77. The van der Waals surface area contributed by atoms with Crippen molar-refractivity contribution >= 4 is 28.1 Å². The minimum Gasteiger partial charge on any atom is -0.497 e. The zero-order valence-corrected chi connectivity index (χ0v) is 20.6. The van der Waals surface area contributed by atoms with E-state index in [4.69, 9.17) is 9.72 Å². The molecule has 0 bridgehead atoms. The van der Waals surface area contributed by atoms with Gasteiger partial charge in [-0.05, 0) is 55.8 Å². The van der Waals surface area contributed by atoms with Gasteiger partial charge in [0.15, 0.2) is 0 Å². The number of rotatable bonds is 5. The third-order valence-electron chi connectivity index (χ3n) is 6.33. The summed E-state index contributed by atoms with van der Waals surface area (Å²) >= 11 is 1.66. The van der Waals surface area contributed by atoms with E-state index in [9.17, 15) is 4.79 Å². The first-order valence-corrected chi connectivity index (χ1v) is 12.4. The van der Waals surface area contributed by atoms with Crippen LogP contribution in [0.15, 0.2) is 53.9 Å². The maximum atomic E-state index is 13.2. The number of fused-ring (bicyclic) bond motifs is 1. The Hall–Kier alpha value is -3.29. The Morgan fingerprint density at radius 1 is 1.00 bits per heavy atom. The van der Waals surface area contributed by atoms with Crippen molar-refractivity contribution in [2.75, 3.05) is 33.3 Å². The van der Waals surface area contributed by atoms with Crippen molar-refractivity contribution in [2.45, 2.75) is 20.4 Å². The molecule has 174 valence electrons. The Kier molecular flexibility index (Phi) is 6.30. The van der Waals surface area contributed by atoms with Gasteiger partial charge < -0.3 is 9.64 Å². The second kappa shape index (κ2) is 9.52. The van der Waals surface area contributed by atoms with Gasteiger partial charge in [-0.3, -0.25) is 14.7 Å². The van der Waals surface area contributed by atoms with Crippen LogP contribution in [0.1, 0.15) is 27.3 Å². The number of carbonyl (C=O) groups is 1. The molecule has 1 aliphatic rings. The molecule has 1 amide bonds. The third kappa shape index (κ3) is 4.67. The third-order valence-corrected chi connectivity index (χ3v) is 7.27. The van der Waals surface area contributed by atoms with Crippen LogP contribution in [-0.4, -0.2) is 59.0 Å². The zero-order valence-electron chi connectivity index (χ0n) is 19.7. The van der Waals surface area contributed by atoms with Gasteiger partial charge >= 0.3 is 0 Å². The van der Waals surface area contributed by atoms with E-state index < -0.39 is 0 Å². The number of hydrogen-bond donors (Lipinski definition) is 0. The topological polar surface area (TPSA) is 58.6 Å². The molecule has 2 aromatic carbocycles. The molecule has 34 heavy (non-hydrogen) atoms. The van der Waals surface area contributed by atoms with Gasteiger partial charge in [0.05, 0.1) is 29.6 Å². The second-order valence-electron chi connectivity index (χ2n) is 8.76. The maximum Gasteiger partial charge on any atom is 0.255 e. The first-order valence-electron chi connectivity index (χ1n) is 11.5. The predicted octanol–water partition coefficient (Wildman–Crippen LogP) is 4.94. The molecule has 0 atom stereocenters. The fraction of sp³-hybridized carbons (Fsp3) is 0.296. The van der Waals surface area contributed by atoms with Gasteiger partial charge in [0.25, 0.3) is 5.91 Å². The lowest BCUT2D eigenvalue weighted by Gasteiger charge is -2.34. The molecule has 5 rings (SSSR count). The molecule has 7 heteroatoms. The average molecular weight is 473 g/mol. The molecule has 6 nitrogen and oxygen atoms in total. The van der Waals surface area contributed by atoms with Crippen LogP contribution in [-0.2, 0) is 6.54 Å². The average Bonchev–Trinajstić information content (AvgIpc) is 3.32. The lowest BCUT2D eigenvalue weighted by molar-refractivity contribution is 0.0626. The summed E-state index contributed by atoms with van der Waals surface area (Å²) in [4.78, 5) is 27.1. The van der Waals surface area contributed by atoms with Crippen molar-refractivity contribution in [1.82, 2.24) is 19.8 Å². The number of methoxy groups -OCH3 is 1. The summed E-state index contributed by atoms with van der Waals surface area (Å²) in [6.45, 7) is 7.86. The summed E-state index contributed by atoms with van der Waals surface area (Å²) < 4.78 is 5.24. The number of ether oxygens (including phenoxy) is 1. The van der Waals surface area contributed by atoms with Crippen molar-refractivity contribution in [3.8, 4) is 16.3 Å². The fourth-order valence-electron chi connectivity index (χ4n) is 4.34. The van der Waals surface area contributed by atoms with Crippen molar-refractivity contribution < 1.29 is 9.53 Å². The molecule has 0 radical (unpaired) electrons. The Bertz CT molecular complexity index is 1320. The largest absolute Gasteiger partial charge is 0.497 e. The van der Waals surface area contributed by atoms with Gasteiger partial charge in [-0.15, -0.1) is 11.3 Å². The lowest BCUT2D eigenvalue weighted by Crippen LogP contribution is -2.48. The summed E-state index contributed by atoms with van der Waals surface area (Å²) in [5.74, 6) is 0.917. The SMILES string of the molecule is COc1ccc(-c2nc(CN3CCN(C(=O)c4cc5ccc(C)cc5nc4C)CC3)cs2)cc1. The van der Waals surface area contributed by atoms with Crippen LogP contribution >= 0.6 is 11.3 Å². The number of nitrogens with zero attached hydrogens (tertiary/aromatic N) is 4. The quantitative estimate of drug-likeness (QED) is 0.412. The molecule has 0 unspecified atom stereocenters. The summed E-state index contributed by atoms with van der Waals surface area (Å²) in [6, 6.07) is 16.1. The van der Waals surface area contributed by atoms with Crippen LogP contribution in [0.3, 0.4) is 0 Å². The first-order chi connectivity index (χ1) is 16.5. The van der Waals surface area contributed by atoms with E-state index in [1.165, 1.54) is 5.56 Å². The zero-order chi connectivity index (χ0) is 23.7. The number of aromatic nitrogens is 2. The molecule has 0 saturated carbocycles. The van der Waals surface area contributed by atoms with Crippen molar-refractivity contribution in [3.63, 3.8) is 0 Å². The normalized spacial score (nSPS) is 14.5. The van der Waals surface area contributed by atoms with Crippen LogP contribution in [0.25, 0.3) is 21.5 Å². The van der Waals surface area contributed by atoms with Crippen LogP contribution < -0.4 is 4.74 Å². The molecule has 0 aliphatic carbocycles. The maximum absolute atomic E-state index is 13.2. The van der Waals surface area contributed by atoms with Gasteiger partial charge in [0, 0.05) is 49.1 Å². The van der Waals surface area contributed by atoms with Gasteiger partial charge in [-0.1, -0.05) is 12.1 Å². The van der Waals surface area contributed by atoms with E-state index in [1.807, 2.05) is 48.2 Å². The van der Waals surface area contributed by atoms with Gasteiger partial charge in [0.2, 0.25) is 0 Å². The minimum absolute atomic E-state index is 0.0718. The number of thiazole rings is 1. The monoisotopic (exact) mass is 472 g/mol. The molecule has 2 aromatic heterocycles. The molecule has 0 N–H and O–H groups in total. The van der Waals surface area contributed by atoms with Crippen LogP contribution in [0.4, 0.5) is 0 Å². The highest BCUT2D eigenvalue weighted by Crippen LogP contribution is 2.26. The molecule has 1 aliphatic heterocycles. The number of carbonyl (C=O) groups excluding carboxylic acids is 1. The molecular weight excluding hydrogens is 444 g/mol. The van der Waals surface area contributed by atoms with E-state index in [0.29, 0.717) is 18.7 Å². The van der Waals surface area contributed by atoms with Crippen LogP contribution in [0.2, 0.25) is 0 Å². The van der Waals surface area contributed by atoms with E-state index in [-0.39, 0.29) is 5.91 Å². The smallest absolute Gasteiger partial charge is 0.255 e. The van der Waals surface area contributed by atoms with Gasteiger partial charge in [-0.2, -0.15) is 0 Å². The number of aryl methyl sites for hydroxylation is 2. The lowest BCUT2D eigenvalue weighted by atomic mass is 10.1. The minimum atomic E-state index is 0.0718. The number of piperazine rings is 1. The Morgan fingerprint density at radius 3 is 2.50 bits per heavy atom. The second-order valence-corrected chi connectivity index (χ2v) is 9.62. The highest BCUT2D eigenvalue weighted by Gasteiger charge is 2.24. The molecular formula is C27H28N4O2S. The molecule has 4 aromatic rings. The van der Waals surface area contributed by atoms with E-state index in [2.05, 4.69) is 34.3 Å². The summed E-state index contributed by atoms with van der Waals surface area (Å²) in [5, 5.41) is 4.15. The first kappa shape index (κ1) is 22.5. The number of amides is 1. The Morgan fingerprint density at radius 2 is 1.76 bits per heavy atom. The van der Waals surface area contributed by atoms with Crippen LogP contribution in [0, 0.1) is 13.8 Å². The molecule has 0 spiro atoms. The summed E-state index contributed by atoms with van der Waals surface area (Å²) in [6.07, 6.45) is 0. The molecule has 1 fully saturated rings. The van der Waals surface area contributed by atoms with Gasteiger partial charge in [-0.25, -0.2) is 4.98 Å². The standard InChI is InChI=1S/C27H28N4O2S/c1-18-4-5-21-15-24(19(2)28-25(21)14-18)27(32)31-12-10-30(11-13-31)16-22-17-34-26(29-22)20-6-8-23(33-3)9-7-20/h4-9,14-15,17H,10-13,16H2,1-3H3. The Balaban J connectivity index is 1.21. The predicted molar refractivity (Wildman–Crippen MR) is 136 cm³/mol. The number of benzene rings is 2. The summed E-state index contributed by atoms with van der Waals surface area (Å²) in [7, 11) is 1.67. The van der Waals surface area contributed by atoms with E-state index >= 15 is 0 Å². The number of pyridine rings is 1. The number of hydrogen-bond acceptors (Lipinski definition) is 6. The highest BCUT2D eigenvalue weighted by molar-refractivity contribution is 7.13.